The molecule has 0 spiro atoms. The van der Waals surface area contributed by atoms with E-state index in [0.29, 0.717) is 5.39 Å². The first-order valence-electron chi connectivity index (χ1n) is 8.09. The number of carbonyl (C=O) groups excluding carboxylic acids is 1. The zero-order valence-electron chi connectivity index (χ0n) is 14.5. The summed E-state index contributed by atoms with van der Waals surface area (Å²) in [5.41, 5.74) is 0.250. The number of hydrogen-bond acceptors (Lipinski definition) is 4. The molecule has 1 heterocycles. The summed E-state index contributed by atoms with van der Waals surface area (Å²) in [6.07, 6.45) is 1.52. The molecule has 0 aliphatic carbocycles. The van der Waals surface area contributed by atoms with Crippen LogP contribution in [0, 0.1) is 5.82 Å². The first-order valence-corrected chi connectivity index (χ1v) is 8.50. The van der Waals surface area contributed by atoms with Gasteiger partial charge in [0.15, 0.2) is 0 Å². The van der Waals surface area contributed by atoms with Crippen LogP contribution < -0.4 is 5.32 Å². The van der Waals surface area contributed by atoms with Crippen LogP contribution in [0.5, 0.6) is 11.8 Å². The topological polar surface area (TPSA) is 99.2 Å². The molecule has 28 heavy (non-hydrogen) atoms. The summed E-state index contributed by atoms with van der Waals surface area (Å²) >= 11 is 4.94. The first kappa shape index (κ1) is 19.2. The van der Waals surface area contributed by atoms with Crippen LogP contribution in [-0.2, 0) is 6.54 Å². The molecule has 3 N–H and O–H groups in total. The van der Waals surface area contributed by atoms with Crippen molar-refractivity contribution < 1.29 is 19.4 Å². The second-order valence-corrected chi connectivity index (χ2v) is 6.11. The van der Waals surface area contributed by atoms with Gasteiger partial charge in [0.25, 0.3) is 5.91 Å². The number of allylic oxidation sites excluding steroid dienone is 1. The fraction of sp³-hybridized carbons (Fsp3) is 0.0526. The fourth-order valence-electron chi connectivity index (χ4n) is 2.60. The van der Waals surface area contributed by atoms with Crippen molar-refractivity contribution in [3.05, 3.63) is 66.5 Å². The third-order valence-electron chi connectivity index (χ3n) is 3.92. The van der Waals surface area contributed by atoms with Gasteiger partial charge in [0.05, 0.1) is 5.69 Å². The number of amides is 1. The van der Waals surface area contributed by atoms with E-state index >= 15 is 0 Å². The lowest BCUT2D eigenvalue weighted by Gasteiger charge is -2.03. The predicted molar refractivity (Wildman–Crippen MR) is 107 cm³/mol. The Hall–Kier alpha value is -3.59. The second-order valence-electron chi connectivity index (χ2n) is 5.72. The lowest BCUT2D eigenvalue weighted by atomic mass is 10.1. The molecule has 0 saturated heterocycles. The van der Waals surface area contributed by atoms with Crippen molar-refractivity contribution in [1.82, 2.24) is 4.57 Å². The minimum Gasteiger partial charge on any atom is -0.494 e. The number of hydrogen-bond donors (Lipinski definition) is 3. The number of nitrogens with zero attached hydrogens (tertiary/aromatic N) is 3. The zero-order valence-corrected chi connectivity index (χ0v) is 15.3. The van der Waals surface area contributed by atoms with Crippen LogP contribution in [0.1, 0.15) is 10.4 Å². The number of fused-ring (bicyclic) bond motifs is 1. The molecule has 0 fully saturated rings. The van der Waals surface area contributed by atoms with E-state index in [2.05, 4.69) is 22.1 Å². The van der Waals surface area contributed by atoms with Gasteiger partial charge in [0.2, 0.25) is 16.9 Å². The number of rotatable bonds is 4. The van der Waals surface area contributed by atoms with E-state index in [9.17, 15) is 19.4 Å². The van der Waals surface area contributed by atoms with E-state index in [1.807, 2.05) is 0 Å². The average Bonchev–Trinajstić information content (AvgIpc) is 2.92. The maximum atomic E-state index is 13.6. The third kappa shape index (κ3) is 3.74. The zero-order chi connectivity index (χ0) is 20.3. The maximum absolute atomic E-state index is 13.6. The molecule has 1 aromatic heterocycles. The van der Waals surface area contributed by atoms with Crippen LogP contribution in [0.4, 0.5) is 10.1 Å². The molecule has 7 nitrogen and oxygen atoms in total. The van der Waals surface area contributed by atoms with Crippen LogP contribution in [-0.4, -0.2) is 25.8 Å². The van der Waals surface area contributed by atoms with Crippen molar-refractivity contribution in [2.75, 3.05) is 5.32 Å². The Morgan fingerprint density at radius 3 is 2.61 bits per heavy atom. The summed E-state index contributed by atoms with van der Waals surface area (Å²) in [4.78, 5) is 12.3. The van der Waals surface area contributed by atoms with Crippen LogP contribution in [0.25, 0.3) is 10.8 Å². The number of anilines is 1. The predicted octanol–water partition coefficient (Wildman–Crippen LogP) is 4.37. The quantitative estimate of drug-likeness (QED) is 0.344. The highest BCUT2D eigenvalue weighted by atomic mass is 32.1. The van der Waals surface area contributed by atoms with Crippen molar-refractivity contribution in [1.29, 1.82) is 0 Å². The van der Waals surface area contributed by atoms with Gasteiger partial charge < -0.3 is 15.5 Å². The van der Waals surface area contributed by atoms with Crippen LogP contribution in [0.2, 0.25) is 0 Å². The van der Waals surface area contributed by atoms with Crippen LogP contribution in [0.15, 0.2) is 65.3 Å². The average molecular weight is 398 g/mol. The van der Waals surface area contributed by atoms with Crippen molar-refractivity contribution >= 4 is 39.7 Å². The van der Waals surface area contributed by atoms with E-state index in [0.717, 1.165) is 0 Å². The molecule has 0 saturated carbocycles. The highest BCUT2D eigenvalue weighted by Gasteiger charge is 2.17. The molecule has 0 unspecified atom stereocenters. The Morgan fingerprint density at radius 1 is 1.18 bits per heavy atom. The van der Waals surface area contributed by atoms with E-state index in [-0.39, 0.29) is 40.1 Å². The normalized spacial score (nSPS) is 11.0. The van der Waals surface area contributed by atoms with Crippen molar-refractivity contribution in [3.63, 3.8) is 0 Å². The number of aromatic nitrogens is 1. The van der Waals surface area contributed by atoms with Gasteiger partial charge in [-0.05, 0) is 42.5 Å². The van der Waals surface area contributed by atoms with Crippen molar-refractivity contribution in [2.45, 2.75) is 6.54 Å². The van der Waals surface area contributed by atoms with E-state index in [1.54, 1.807) is 6.07 Å². The monoisotopic (exact) mass is 398 g/mol. The van der Waals surface area contributed by atoms with Crippen molar-refractivity contribution in [2.24, 2.45) is 10.2 Å². The Kier molecular flexibility index (Phi) is 5.46. The molecule has 0 bridgehead atoms. The maximum Gasteiger partial charge on any atom is 0.295 e. The molecule has 0 atom stereocenters. The van der Waals surface area contributed by atoms with Crippen LogP contribution in [0.3, 0.4) is 0 Å². The highest BCUT2D eigenvalue weighted by Crippen LogP contribution is 2.36. The molecule has 0 aliphatic heterocycles. The Labute approximate surface area is 164 Å². The molecule has 9 heteroatoms. The standard InChI is InChI=1S/C19H15FN4O3S/c1-2-9-24-17(26)12-8-7-11(10-13(12)18(24)27)16(25)22-23-19(28)21-15-6-4-3-5-14(15)20/h2-8,10,26-27H,1,9H2,(H,21,28). The minimum absolute atomic E-state index is 0.115. The number of halogens is 1. The van der Waals surface area contributed by atoms with Gasteiger partial charge in [0.1, 0.15) is 5.82 Å². The number of carbonyl (C=O) groups is 1. The Bertz CT molecular complexity index is 1120. The van der Waals surface area contributed by atoms with Gasteiger partial charge in [-0.25, -0.2) is 4.39 Å². The molecule has 2 aromatic carbocycles. The number of azo groups is 1. The SMILES string of the molecule is C=CCn1c(O)c2ccc(C(=O)N=NC(=S)Nc3ccccc3F)cc2c1O. The fourth-order valence-corrected chi connectivity index (χ4v) is 2.75. The van der Waals surface area contributed by atoms with Gasteiger partial charge in [-0.15, -0.1) is 16.8 Å². The van der Waals surface area contributed by atoms with E-state index in [4.69, 9.17) is 12.2 Å². The van der Waals surface area contributed by atoms with Gasteiger partial charge in [-0.3, -0.25) is 9.36 Å². The van der Waals surface area contributed by atoms with Gasteiger partial charge in [0, 0.05) is 22.9 Å². The summed E-state index contributed by atoms with van der Waals surface area (Å²) in [5.74, 6) is -1.56. The molecule has 3 rings (SSSR count). The number of benzene rings is 2. The molecule has 0 radical (unpaired) electrons. The van der Waals surface area contributed by atoms with Crippen molar-refractivity contribution in [3.8, 4) is 11.8 Å². The second kappa shape index (κ2) is 7.97. The van der Waals surface area contributed by atoms with E-state index in [1.165, 1.54) is 47.0 Å². The van der Waals surface area contributed by atoms with Gasteiger partial charge >= 0.3 is 0 Å². The largest absolute Gasteiger partial charge is 0.494 e. The lowest BCUT2D eigenvalue weighted by Crippen LogP contribution is -2.07. The van der Waals surface area contributed by atoms with Gasteiger partial charge in [-0.2, -0.15) is 0 Å². The van der Waals surface area contributed by atoms with E-state index < -0.39 is 11.7 Å². The third-order valence-corrected chi connectivity index (χ3v) is 4.10. The number of nitrogens with one attached hydrogen (secondary N) is 1. The number of para-hydroxylation sites is 1. The van der Waals surface area contributed by atoms with Crippen LogP contribution >= 0.6 is 12.2 Å². The summed E-state index contributed by atoms with van der Waals surface area (Å²) in [5, 5.41) is 30.5. The molecule has 142 valence electrons. The Morgan fingerprint density at radius 2 is 1.89 bits per heavy atom. The molecule has 1 amide bonds. The number of thiocarbonyl (C=S) groups is 1. The summed E-state index contributed by atoms with van der Waals surface area (Å²) in [6, 6.07) is 10.2. The molecule has 3 aromatic rings. The molecular formula is C19H15FN4O3S. The lowest BCUT2D eigenvalue weighted by molar-refractivity contribution is 0.0995. The molecule has 0 aliphatic rings. The smallest absolute Gasteiger partial charge is 0.295 e. The first-order chi connectivity index (χ1) is 13.4. The number of aromatic hydroxyl groups is 2. The highest BCUT2D eigenvalue weighted by molar-refractivity contribution is 7.80. The van der Waals surface area contributed by atoms with Gasteiger partial charge in [-0.1, -0.05) is 18.2 Å². The Balaban J connectivity index is 1.80. The minimum atomic E-state index is -0.713. The summed E-state index contributed by atoms with van der Waals surface area (Å²) in [7, 11) is 0. The summed E-state index contributed by atoms with van der Waals surface area (Å²) in [6.45, 7) is 3.76. The summed E-state index contributed by atoms with van der Waals surface area (Å²) < 4.78 is 14.8. The molecular weight excluding hydrogens is 383 g/mol.